The van der Waals surface area contributed by atoms with Gasteiger partial charge in [0, 0.05) is 13.1 Å². The number of aliphatic hydroxyl groups excluding tert-OH is 1. The molecule has 0 spiro atoms. The molecule has 3 rings (SSSR count). The maximum atomic E-state index is 13.3. The third kappa shape index (κ3) is 5.65. The Hall–Kier alpha value is -3.18. The molecule has 1 amide bonds. The van der Waals surface area contributed by atoms with Crippen LogP contribution in [0.5, 0.6) is 0 Å². The first-order chi connectivity index (χ1) is 16.2. The number of ketones is 1. The number of benzene rings is 2. The van der Waals surface area contributed by atoms with Gasteiger partial charge in [-0.3, -0.25) is 9.59 Å². The average molecular weight is 461 g/mol. The minimum Gasteiger partial charge on any atom is -0.503 e. The summed E-state index contributed by atoms with van der Waals surface area (Å²) >= 11 is 0. The molecule has 2 aromatic carbocycles. The van der Waals surface area contributed by atoms with E-state index in [1.54, 1.807) is 11.0 Å². The van der Waals surface area contributed by atoms with Crippen molar-refractivity contribution in [2.45, 2.75) is 46.1 Å². The zero-order valence-electron chi connectivity index (χ0n) is 20.9. The summed E-state index contributed by atoms with van der Waals surface area (Å²) in [6, 6.07) is 16.9. The van der Waals surface area contributed by atoms with E-state index in [0.29, 0.717) is 13.1 Å². The fraction of sp³-hybridized carbons (Fsp3) is 0.379. The highest BCUT2D eigenvalue weighted by molar-refractivity contribution is 6.14. The van der Waals surface area contributed by atoms with Gasteiger partial charge in [0.05, 0.1) is 11.6 Å². The predicted octanol–water partition coefficient (Wildman–Crippen LogP) is 5.30. The van der Waals surface area contributed by atoms with Crippen molar-refractivity contribution in [3.63, 3.8) is 0 Å². The second-order valence-corrected chi connectivity index (χ2v) is 9.67. The number of aliphatic hydroxyl groups is 1. The summed E-state index contributed by atoms with van der Waals surface area (Å²) in [7, 11) is 0. The number of carbonyl (C=O) groups is 2. The van der Waals surface area contributed by atoms with Gasteiger partial charge in [0.2, 0.25) is 0 Å². The van der Waals surface area contributed by atoms with Crippen molar-refractivity contribution in [3.8, 4) is 0 Å². The van der Waals surface area contributed by atoms with Crippen LogP contribution in [0.3, 0.4) is 0 Å². The minimum atomic E-state index is -0.620. The smallest absolute Gasteiger partial charge is 0.290 e. The first kappa shape index (κ1) is 25.4. The second kappa shape index (κ2) is 10.8. The number of allylic oxidation sites excluding steroid dienone is 1. The Bertz CT molecular complexity index is 1060. The van der Waals surface area contributed by atoms with E-state index in [4.69, 9.17) is 0 Å². The molecule has 0 radical (unpaired) electrons. The lowest BCUT2D eigenvalue weighted by Crippen LogP contribution is -2.38. The molecule has 180 valence electrons. The molecule has 34 heavy (non-hydrogen) atoms. The van der Waals surface area contributed by atoms with Gasteiger partial charge >= 0.3 is 0 Å². The van der Waals surface area contributed by atoms with Gasteiger partial charge in [-0.15, -0.1) is 0 Å². The highest BCUT2D eigenvalue weighted by Gasteiger charge is 2.42. The van der Waals surface area contributed by atoms with Crippen LogP contribution in [-0.2, 0) is 15.0 Å². The SMILES string of the molecule is CCN(CC)CCN1C(=O)C(O)=C(C(=O)/C=C/c2ccccc2)C1c1ccc(C(C)(C)C)cc1. The lowest BCUT2D eigenvalue weighted by atomic mass is 9.85. The zero-order valence-corrected chi connectivity index (χ0v) is 20.9. The van der Waals surface area contributed by atoms with E-state index in [9.17, 15) is 14.7 Å². The Morgan fingerprint density at radius 1 is 1.03 bits per heavy atom. The summed E-state index contributed by atoms with van der Waals surface area (Å²) < 4.78 is 0. The van der Waals surface area contributed by atoms with E-state index in [1.807, 2.05) is 54.6 Å². The second-order valence-electron chi connectivity index (χ2n) is 9.67. The molecule has 1 aliphatic rings. The molecular formula is C29H36N2O3. The van der Waals surface area contributed by atoms with Crippen LogP contribution in [0.25, 0.3) is 6.08 Å². The van der Waals surface area contributed by atoms with Crippen molar-refractivity contribution in [2.24, 2.45) is 0 Å². The molecule has 1 aliphatic heterocycles. The third-order valence-corrected chi connectivity index (χ3v) is 6.44. The van der Waals surface area contributed by atoms with E-state index in [-0.39, 0.29) is 16.8 Å². The molecule has 1 heterocycles. The molecule has 0 saturated heterocycles. The molecule has 1 atom stereocenters. The number of hydrogen-bond donors (Lipinski definition) is 1. The predicted molar refractivity (Wildman–Crippen MR) is 138 cm³/mol. The average Bonchev–Trinajstić information content (AvgIpc) is 3.08. The van der Waals surface area contributed by atoms with Gasteiger partial charge in [0.25, 0.3) is 5.91 Å². The van der Waals surface area contributed by atoms with Crippen LogP contribution >= 0.6 is 0 Å². The molecule has 0 aliphatic carbocycles. The molecule has 1 unspecified atom stereocenters. The van der Waals surface area contributed by atoms with Crippen molar-refractivity contribution in [1.82, 2.24) is 9.80 Å². The van der Waals surface area contributed by atoms with Gasteiger partial charge in [-0.25, -0.2) is 0 Å². The number of hydrogen-bond acceptors (Lipinski definition) is 4. The fourth-order valence-corrected chi connectivity index (χ4v) is 4.26. The highest BCUT2D eigenvalue weighted by atomic mass is 16.3. The summed E-state index contributed by atoms with van der Waals surface area (Å²) in [6.07, 6.45) is 3.16. The van der Waals surface area contributed by atoms with Crippen molar-refractivity contribution in [2.75, 3.05) is 26.2 Å². The van der Waals surface area contributed by atoms with Crippen molar-refractivity contribution in [1.29, 1.82) is 0 Å². The first-order valence-corrected chi connectivity index (χ1v) is 12.0. The Kier molecular flexibility index (Phi) is 8.11. The van der Waals surface area contributed by atoms with Crippen LogP contribution in [0.4, 0.5) is 0 Å². The van der Waals surface area contributed by atoms with Gasteiger partial charge in [-0.05, 0) is 41.3 Å². The van der Waals surface area contributed by atoms with E-state index < -0.39 is 17.7 Å². The summed E-state index contributed by atoms with van der Waals surface area (Å²) in [5, 5.41) is 10.8. The summed E-state index contributed by atoms with van der Waals surface area (Å²) in [6.45, 7) is 13.4. The number of amides is 1. The van der Waals surface area contributed by atoms with Gasteiger partial charge in [-0.1, -0.05) is 95.3 Å². The largest absolute Gasteiger partial charge is 0.503 e. The van der Waals surface area contributed by atoms with Crippen molar-refractivity contribution >= 4 is 17.8 Å². The van der Waals surface area contributed by atoms with Gasteiger partial charge in [-0.2, -0.15) is 0 Å². The van der Waals surface area contributed by atoms with Gasteiger partial charge < -0.3 is 14.9 Å². The lowest BCUT2D eigenvalue weighted by Gasteiger charge is -2.29. The number of nitrogens with zero attached hydrogens (tertiary/aromatic N) is 2. The van der Waals surface area contributed by atoms with Crippen LogP contribution in [0, 0.1) is 0 Å². The van der Waals surface area contributed by atoms with Crippen LogP contribution in [0.15, 0.2) is 72.0 Å². The number of rotatable bonds is 9. The first-order valence-electron chi connectivity index (χ1n) is 12.0. The normalized spacial score (nSPS) is 16.8. The topological polar surface area (TPSA) is 60.9 Å². The maximum Gasteiger partial charge on any atom is 0.290 e. The zero-order chi connectivity index (χ0) is 24.9. The molecule has 0 saturated carbocycles. The summed E-state index contributed by atoms with van der Waals surface area (Å²) in [5.41, 5.74) is 2.99. The Morgan fingerprint density at radius 3 is 2.21 bits per heavy atom. The highest BCUT2D eigenvalue weighted by Crippen LogP contribution is 2.38. The summed E-state index contributed by atoms with van der Waals surface area (Å²) in [5.74, 6) is -1.30. The Labute approximate surface area is 203 Å². The van der Waals surface area contributed by atoms with Crippen LogP contribution in [-0.4, -0.2) is 52.8 Å². The number of likely N-dealkylation sites (N-methyl/N-ethyl adjacent to an activating group) is 1. The van der Waals surface area contributed by atoms with Crippen molar-refractivity contribution < 1.29 is 14.7 Å². The van der Waals surface area contributed by atoms with E-state index in [2.05, 4.69) is 39.5 Å². The standard InChI is InChI=1S/C29H36N2O3/c1-6-30(7-2)19-20-31-26(22-14-16-23(17-15-22)29(3,4)5)25(27(33)28(31)34)24(32)18-13-21-11-9-8-10-12-21/h8-18,26,33H,6-7,19-20H2,1-5H3/b18-13+. The van der Waals surface area contributed by atoms with E-state index in [1.165, 1.54) is 11.6 Å². The van der Waals surface area contributed by atoms with Crippen LogP contribution < -0.4 is 0 Å². The van der Waals surface area contributed by atoms with Crippen LogP contribution in [0.1, 0.15) is 57.4 Å². The minimum absolute atomic E-state index is 0.0124. The van der Waals surface area contributed by atoms with Gasteiger partial charge in [0.1, 0.15) is 0 Å². The quantitative estimate of drug-likeness (QED) is 0.516. The van der Waals surface area contributed by atoms with Gasteiger partial charge in [0.15, 0.2) is 11.5 Å². The Balaban J connectivity index is 1.98. The molecular weight excluding hydrogens is 424 g/mol. The molecule has 0 aromatic heterocycles. The Morgan fingerprint density at radius 2 is 1.65 bits per heavy atom. The molecule has 0 fully saturated rings. The van der Waals surface area contributed by atoms with Crippen LogP contribution in [0.2, 0.25) is 0 Å². The van der Waals surface area contributed by atoms with Crippen molar-refractivity contribution in [3.05, 3.63) is 88.7 Å². The molecule has 0 bridgehead atoms. The lowest BCUT2D eigenvalue weighted by molar-refractivity contribution is -0.129. The monoisotopic (exact) mass is 460 g/mol. The molecule has 5 heteroatoms. The van der Waals surface area contributed by atoms with E-state index >= 15 is 0 Å². The number of carbonyl (C=O) groups excluding carboxylic acids is 2. The molecule has 2 aromatic rings. The summed E-state index contributed by atoms with van der Waals surface area (Å²) in [4.78, 5) is 30.3. The molecule has 1 N–H and O–H groups in total. The molecule has 5 nitrogen and oxygen atoms in total. The fourth-order valence-electron chi connectivity index (χ4n) is 4.26. The third-order valence-electron chi connectivity index (χ3n) is 6.44. The van der Waals surface area contributed by atoms with E-state index in [0.717, 1.165) is 24.2 Å². The maximum absolute atomic E-state index is 13.3.